The molecule has 2 aromatic rings. The number of benzene rings is 2. The summed E-state index contributed by atoms with van der Waals surface area (Å²) in [4.78, 5) is 0. The minimum atomic E-state index is 0.781. The molecule has 0 aromatic heterocycles. The van der Waals surface area contributed by atoms with Crippen LogP contribution in [0.3, 0.4) is 0 Å². The summed E-state index contributed by atoms with van der Waals surface area (Å²) in [7, 11) is 0. The standard InChI is InChI=1S/C15H17BrN2/c1-11-4-2-3-5-12(11)8-9-18-15-10-13(16)6-7-14(15)17/h2-7,10,18H,8-9,17H2,1H3. The number of nitrogens with two attached hydrogens (primary N) is 1. The molecule has 0 aliphatic carbocycles. The molecule has 2 aromatic carbocycles. The molecule has 3 N–H and O–H groups in total. The molecule has 94 valence electrons. The highest BCUT2D eigenvalue weighted by Gasteiger charge is 2.00. The molecule has 0 heterocycles. The van der Waals surface area contributed by atoms with E-state index in [1.165, 1.54) is 11.1 Å². The Kier molecular flexibility index (Phi) is 4.26. The molecule has 0 aliphatic heterocycles. The van der Waals surface area contributed by atoms with Gasteiger partial charge in [0.1, 0.15) is 0 Å². The van der Waals surface area contributed by atoms with Crippen LogP contribution >= 0.6 is 15.9 Å². The van der Waals surface area contributed by atoms with E-state index in [-0.39, 0.29) is 0 Å². The topological polar surface area (TPSA) is 38.0 Å². The van der Waals surface area contributed by atoms with Crippen molar-refractivity contribution < 1.29 is 0 Å². The normalized spacial score (nSPS) is 10.3. The average molecular weight is 305 g/mol. The Balaban J connectivity index is 1.96. The molecular formula is C15H17BrN2. The van der Waals surface area contributed by atoms with Crippen LogP contribution in [-0.4, -0.2) is 6.54 Å². The molecule has 0 radical (unpaired) electrons. The van der Waals surface area contributed by atoms with E-state index in [2.05, 4.69) is 52.4 Å². The predicted octanol–water partition coefficient (Wildman–Crippen LogP) is 3.99. The van der Waals surface area contributed by atoms with Gasteiger partial charge in [-0.15, -0.1) is 0 Å². The van der Waals surface area contributed by atoms with Crippen molar-refractivity contribution in [3.8, 4) is 0 Å². The first-order chi connectivity index (χ1) is 8.66. The zero-order valence-corrected chi connectivity index (χ0v) is 12.0. The number of anilines is 2. The number of aryl methyl sites for hydroxylation is 1. The van der Waals surface area contributed by atoms with E-state index in [0.29, 0.717) is 0 Å². The summed E-state index contributed by atoms with van der Waals surface area (Å²) in [5.41, 5.74) is 10.4. The zero-order valence-electron chi connectivity index (χ0n) is 10.4. The lowest BCUT2D eigenvalue weighted by Gasteiger charge is -2.11. The number of hydrogen-bond acceptors (Lipinski definition) is 2. The van der Waals surface area contributed by atoms with Crippen molar-refractivity contribution in [1.82, 2.24) is 0 Å². The van der Waals surface area contributed by atoms with Crippen molar-refractivity contribution in [2.24, 2.45) is 0 Å². The molecule has 0 saturated heterocycles. The highest BCUT2D eigenvalue weighted by molar-refractivity contribution is 9.10. The van der Waals surface area contributed by atoms with E-state index in [4.69, 9.17) is 5.73 Å². The van der Waals surface area contributed by atoms with Gasteiger partial charge in [-0.25, -0.2) is 0 Å². The summed E-state index contributed by atoms with van der Waals surface area (Å²) in [6.07, 6.45) is 0.999. The van der Waals surface area contributed by atoms with Crippen molar-refractivity contribution in [3.63, 3.8) is 0 Å². The van der Waals surface area contributed by atoms with Crippen LogP contribution in [0, 0.1) is 6.92 Å². The van der Waals surface area contributed by atoms with Gasteiger partial charge in [0.05, 0.1) is 11.4 Å². The number of nitrogens with one attached hydrogen (secondary N) is 1. The molecule has 0 unspecified atom stereocenters. The minimum Gasteiger partial charge on any atom is -0.397 e. The van der Waals surface area contributed by atoms with Crippen LogP contribution in [-0.2, 0) is 6.42 Å². The van der Waals surface area contributed by atoms with Crippen LogP contribution in [0.4, 0.5) is 11.4 Å². The SMILES string of the molecule is Cc1ccccc1CCNc1cc(Br)ccc1N. The highest BCUT2D eigenvalue weighted by atomic mass is 79.9. The smallest absolute Gasteiger partial charge is 0.0585 e. The fourth-order valence-electron chi connectivity index (χ4n) is 1.90. The quantitative estimate of drug-likeness (QED) is 0.838. The first kappa shape index (κ1) is 13.0. The van der Waals surface area contributed by atoms with Crippen LogP contribution in [0.25, 0.3) is 0 Å². The molecule has 3 heteroatoms. The minimum absolute atomic E-state index is 0.781. The van der Waals surface area contributed by atoms with Crippen LogP contribution in [0.1, 0.15) is 11.1 Å². The largest absolute Gasteiger partial charge is 0.397 e. The molecule has 0 amide bonds. The second-order valence-corrected chi connectivity index (χ2v) is 5.25. The van der Waals surface area contributed by atoms with Crippen LogP contribution < -0.4 is 11.1 Å². The van der Waals surface area contributed by atoms with Gasteiger partial charge in [0.25, 0.3) is 0 Å². The van der Waals surface area contributed by atoms with Gasteiger partial charge in [0.15, 0.2) is 0 Å². The van der Waals surface area contributed by atoms with Crippen LogP contribution in [0.2, 0.25) is 0 Å². The van der Waals surface area contributed by atoms with Crippen molar-refractivity contribution in [3.05, 3.63) is 58.1 Å². The third kappa shape index (κ3) is 3.26. The number of rotatable bonds is 4. The van der Waals surface area contributed by atoms with Crippen LogP contribution in [0.5, 0.6) is 0 Å². The van der Waals surface area contributed by atoms with E-state index in [1.54, 1.807) is 0 Å². The maximum atomic E-state index is 5.92. The Morgan fingerprint density at radius 2 is 1.94 bits per heavy atom. The Morgan fingerprint density at radius 3 is 2.72 bits per heavy atom. The van der Waals surface area contributed by atoms with E-state index < -0.39 is 0 Å². The number of nitrogen functional groups attached to an aromatic ring is 1. The predicted molar refractivity (Wildman–Crippen MR) is 81.9 cm³/mol. The van der Waals surface area contributed by atoms with Gasteiger partial charge in [-0.3, -0.25) is 0 Å². The first-order valence-electron chi connectivity index (χ1n) is 6.00. The molecule has 0 spiro atoms. The van der Waals surface area contributed by atoms with Gasteiger partial charge in [0.2, 0.25) is 0 Å². The van der Waals surface area contributed by atoms with Crippen molar-refractivity contribution in [2.45, 2.75) is 13.3 Å². The summed E-state index contributed by atoms with van der Waals surface area (Å²) in [6.45, 7) is 3.02. The van der Waals surface area contributed by atoms with E-state index in [9.17, 15) is 0 Å². The van der Waals surface area contributed by atoms with Gasteiger partial charge in [-0.2, -0.15) is 0 Å². The van der Waals surface area contributed by atoms with E-state index in [0.717, 1.165) is 28.8 Å². The van der Waals surface area contributed by atoms with Crippen molar-refractivity contribution in [1.29, 1.82) is 0 Å². The highest BCUT2D eigenvalue weighted by Crippen LogP contribution is 2.23. The third-order valence-corrected chi connectivity index (χ3v) is 3.48. The lowest BCUT2D eigenvalue weighted by molar-refractivity contribution is 1.01. The molecule has 0 aliphatic rings. The molecule has 18 heavy (non-hydrogen) atoms. The zero-order chi connectivity index (χ0) is 13.0. The van der Waals surface area contributed by atoms with E-state index in [1.807, 2.05) is 18.2 Å². The number of halogens is 1. The Bertz CT molecular complexity index is 538. The molecule has 0 atom stereocenters. The Hall–Kier alpha value is -1.48. The van der Waals surface area contributed by atoms with Gasteiger partial charge in [-0.1, -0.05) is 40.2 Å². The molecular weight excluding hydrogens is 288 g/mol. The van der Waals surface area contributed by atoms with Crippen molar-refractivity contribution >= 4 is 27.3 Å². The average Bonchev–Trinajstić information content (AvgIpc) is 2.36. The summed E-state index contributed by atoms with van der Waals surface area (Å²) in [5.74, 6) is 0. The molecule has 0 bridgehead atoms. The van der Waals surface area contributed by atoms with Crippen LogP contribution in [0.15, 0.2) is 46.9 Å². The Morgan fingerprint density at radius 1 is 1.17 bits per heavy atom. The van der Waals surface area contributed by atoms with E-state index >= 15 is 0 Å². The summed E-state index contributed by atoms with van der Waals surface area (Å²) >= 11 is 3.45. The summed E-state index contributed by atoms with van der Waals surface area (Å²) in [6, 6.07) is 14.3. The lowest BCUT2D eigenvalue weighted by Crippen LogP contribution is -2.07. The Labute approximate surface area is 116 Å². The molecule has 2 nitrogen and oxygen atoms in total. The molecule has 0 fully saturated rings. The van der Waals surface area contributed by atoms with Gasteiger partial charge in [-0.05, 0) is 42.7 Å². The maximum Gasteiger partial charge on any atom is 0.0585 e. The molecule has 0 saturated carbocycles. The summed E-state index contributed by atoms with van der Waals surface area (Å²) in [5, 5.41) is 3.37. The first-order valence-corrected chi connectivity index (χ1v) is 6.79. The van der Waals surface area contributed by atoms with Gasteiger partial charge >= 0.3 is 0 Å². The summed E-state index contributed by atoms with van der Waals surface area (Å²) < 4.78 is 1.04. The van der Waals surface area contributed by atoms with Crippen molar-refractivity contribution in [2.75, 3.05) is 17.6 Å². The maximum absolute atomic E-state index is 5.92. The number of hydrogen-bond donors (Lipinski definition) is 2. The lowest BCUT2D eigenvalue weighted by atomic mass is 10.1. The fourth-order valence-corrected chi connectivity index (χ4v) is 2.27. The van der Waals surface area contributed by atoms with Gasteiger partial charge < -0.3 is 11.1 Å². The monoisotopic (exact) mass is 304 g/mol. The van der Waals surface area contributed by atoms with Gasteiger partial charge in [0, 0.05) is 11.0 Å². The molecule has 2 rings (SSSR count). The second-order valence-electron chi connectivity index (χ2n) is 4.33. The third-order valence-electron chi connectivity index (χ3n) is 2.99. The second kappa shape index (κ2) is 5.91. The fraction of sp³-hybridized carbons (Fsp3) is 0.200.